The summed E-state index contributed by atoms with van der Waals surface area (Å²) in [7, 11) is 2.89. The van der Waals surface area contributed by atoms with Crippen molar-refractivity contribution in [3.05, 3.63) is 42.5 Å². The molecule has 0 aromatic heterocycles. The molecule has 0 heterocycles. The molecule has 11 heteroatoms. The predicted octanol–water partition coefficient (Wildman–Crippen LogP) is 2.12. The average molecular weight is 455 g/mol. The van der Waals surface area contributed by atoms with Gasteiger partial charge in [-0.15, -0.1) is 0 Å². The number of hydrogen-bond donors (Lipinski definition) is 4. The SMILES string of the molecule is COc1ccc(OC)c(NC(=O)C(=O)N/N=C(\C)CC(=O)Nc2ccc(NC(C)=O)cc2)c1. The highest BCUT2D eigenvalue weighted by Gasteiger charge is 2.16. The van der Waals surface area contributed by atoms with E-state index in [0.29, 0.717) is 22.9 Å². The van der Waals surface area contributed by atoms with E-state index >= 15 is 0 Å². The van der Waals surface area contributed by atoms with Crippen LogP contribution in [0.1, 0.15) is 20.3 Å². The molecule has 0 saturated heterocycles. The second-order valence-corrected chi connectivity index (χ2v) is 6.79. The summed E-state index contributed by atoms with van der Waals surface area (Å²) in [5.74, 6) is -1.75. The van der Waals surface area contributed by atoms with Crippen LogP contribution in [0.3, 0.4) is 0 Å². The Morgan fingerprint density at radius 2 is 1.45 bits per heavy atom. The number of amides is 4. The van der Waals surface area contributed by atoms with E-state index in [-0.39, 0.29) is 29.6 Å². The van der Waals surface area contributed by atoms with Crippen molar-refractivity contribution in [2.45, 2.75) is 20.3 Å². The first-order chi connectivity index (χ1) is 15.7. The van der Waals surface area contributed by atoms with E-state index in [4.69, 9.17) is 9.47 Å². The van der Waals surface area contributed by atoms with Crippen molar-refractivity contribution in [1.82, 2.24) is 5.43 Å². The zero-order valence-corrected chi connectivity index (χ0v) is 18.6. The molecule has 33 heavy (non-hydrogen) atoms. The molecule has 0 fully saturated rings. The van der Waals surface area contributed by atoms with Gasteiger partial charge in [-0.3, -0.25) is 19.2 Å². The Balaban J connectivity index is 1.88. The number of nitrogens with zero attached hydrogens (tertiary/aromatic N) is 1. The summed E-state index contributed by atoms with van der Waals surface area (Å²) in [5.41, 5.74) is 3.77. The van der Waals surface area contributed by atoms with Crippen molar-refractivity contribution in [2.75, 3.05) is 30.2 Å². The number of carbonyl (C=O) groups is 4. The highest BCUT2D eigenvalue weighted by atomic mass is 16.5. The van der Waals surface area contributed by atoms with Gasteiger partial charge < -0.3 is 25.4 Å². The highest BCUT2D eigenvalue weighted by Crippen LogP contribution is 2.28. The van der Waals surface area contributed by atoms with Crippen LogP contribution in [0.4, 0.5) is 17.1 Å². The van der Waals surface area contributed by atoms with Crippen molar-refractivity contribution in [2.24, 2.45) is 5.10 Å². The number of rotatable bonds is 8. The van der Waals surface area contributed by atoms with Gasteiger partial charge in [0, 0.05) is 30.1 Å². The monoisotopic (exact) mass is 455 g/mol. The molecule has 174 valence electrons. The summed E-state index contributed by atoms with van der Waals surface area (Å²) in [5, 5.41) is 11.5. The molecule has 2 rings (SSSR count). The summed E-state index contributed by atoms with van der Waals surface area (Å²) in [6.07, 6.45) is -0.112. The van der Waals surface area contributed by atoms with Crippen LogP contribution in [0.2, 0.25) is 0 Å². The third-order valence-corrected chi connectivity index (χ3v) is 4.11. The summed E-state index contributed by atoms with van der Waals surface area (Å²) < 4.78 is 10.2. The van der Waals surface area contributed by atoms with Crippen molar-refractivity contribution in [3.63, 3.8) is 0 Å². The number of benzene rings is 2. The van der Waals surface area contributed by atoms with Gasteiger partial charge in [0.15, 0.2) is 0 Å². The summed E-state index contributed by atoms with van der Waals surface area (Å²) >= 11 is 0. The molecule has 2 aromatic rings. The lowest BCUT2D eigenvalue weighted by Crippen LogP contribution is -2.33. The first-order valence-corrected chi connectivity index (χ1v) is 9.75. The lowest BCUT2D eigenvalue weighted by molar-refractivity contribution is -0.136. The molecule has 11 nitrogen and oxygen atoms in total. The molecule has 0 aliphatic heterocycles. The largest absolute Gasteiger partial charge is 0.497 e. The Morgan fingerprint density at radius 3 is 2.03 bits per heavy atom. The number of ether oxygens (including phenoxy) is 2. The first-order valence-electron chi connectivity index (χ1n) is 9.75. The molecular weight excluding hydrogens is 430 g/mol. The zero-order chi connectivity index (χ0) is 24.4. The van der Waals surface area contributed by atoms with E-state index in [9.17, 15) is 19.2 Å². The van der Waals surface area contributed by atoms with Gasteiger partial charge in [0.1, 0.15) is 11.5 Å². The second-order valence-electron chi connectivity index (χ2n) is 6.79. The Hall–Kier alpha value is -4.41. The number of methoxy groups -OCH3 is 2. The Labute approximate surface area is 190 Å². The zero-order valence-electron chi connectivity index (χ0n) is 18.6. The van der Waals surface area contributed by atoms with Gasteiger partial charge in [0.2, 0.25) is 11.8 Å². The van der Waals surface area contributed by atoms with E-state index in [0.717, 1.165) is 0 Å². The van der Waals surface area contributed by atoms with Gasteiger partial charge >= 0.3 is 11.8 Å². The molecule has 4 amide bonds. The molecular formula is C22H25N5O6. The molecule has 4 N–H and O–H groups in total. The number of carbonyl (C=O) groups excluding carboxylic acids is 4. The quantitative estimate of drug-likeness (QED) is 0.272. The van der Waals surface area contributed by atoms with Crippen LogP contribution in [0.5, 0.6) is 11.5 Å². The second kappa shape index (κ2) is 11.8. The lowest BCUT2D eigenvalue weighted by Gasteiger charge is -2.11. The summed E-state index contributed by atoms with van der Waals surface area (Å²) in [4.78, 5) is 47.4. The van der Waals surface area contributed by atoms with E-state index in [1.807, 2.05) is 0 Å². The number of hydrazone groups is 1. The standard InChI is InChI=1S/C22H25N5O6/c1-13(11-20(29)24-16-7-5-15(6-8-16)23-14(2)28)26-27-22(31)21(30)25-18-12-17(32-3)9-10-19(18)33-4/h5-10,12H,11H2,1-4H3,(H,23,28)(H,24,29)(H,25,30)(H,27,31)/b26-13+. The van der Waals surface area contributed by atoms with Crippen LogP contribution in [-0.2, 0) is 19.2 Å². The number of anilines is 3. The molecule has 0 bridgehead atoms. The molecule has 0 radical (unpaired) electrons. The molecule has 0 aliphatic carbocycles. The Morgan fingerprint density at radius 1 is 0.818 bits per heavy atom. The van der Waals surface area contributed by atoms with Crippen molar-refractivity contribution in [3.8, 4) is 11.5 Å². The molecule has 0 unspecified atom stereocenters. The van der Waals surface area contributed by atoms with Gasteiger partial charge in [-0.05, 0) is 43.3 Å². The maximum atomic E-state index is 12.2. The molecule has 0 saturated carbocycles. The molecule has 0 aliphatic rings. The van der Waals surface area contributed by atoms with Crippen molar-refractivity contribution < 1.29 is 28.7 Å². The van der Waals surface area contributed by atoms with Gasteiger partial charge in [0.05, 0.1) is 26.3 Å². The maximum Gasteiger partial charge on any atom is 0.329 e. The lowest BCUT2D eigenvalue weighted by atomic mass is 10.2. The molecule has 0 spiro atoms. The van der Waals surface area contributed by atoms with Crippen molar-refractivity contribution in [1.29, 1.82) is 0 Å². The molecule has 2 aromatic carbocycles. The van der Waals surface area contributed by atoms with E-state index in [1.54, 1.807) is 36.4 Å². The van der Waals surface area contributed by atoms with Crippen LogP contribution in [0.15, 0.2) is 47.6 Å². The van der Waals surface area contributed by atoms with Crippen LogP contribution in [-0.4, -0.2) is 43.6 Å². The van der Waals surface area contributed by atoms with Crippen LogP contribution in [0, 0.1) is 0 Å². The van der Waals surface area contributed by atoms with Crippen molar-refractivity contribution >= 4 is 46.4 Å². The first kappa shape index (κ1) is 24.9. The smallest absolute Gasteiger partial charge is 0.329 e. The summed E-state index contributed by atoms with van der Waals surface area (Å²) in [6.45, 7) is 2.93. The van der Waals surface area contributed by atoms with E-state index < -0.39 is 11.8 Å². The van der Waals surface area contributed by atoms with Gasteiger partial charge in [0.25, 0.3) is 0 Å². The summed E-state index contributed by atoms with van der Waals surface area (Å²) in [6, 6.07) is 11.3. The Kier molecular flexibility index (Phi) is 8.92. The van der Waals surface area contributed by atoms with E-state index in [1.165, 1.54) is 34.1 Å². The number of nitrogens with one attached hydrogen (secondary N) is 4. The number of hydrogen-bond acceptors (Lipinski definition) is 7. The third kappa shape index (κ3) is 7.98. The van der Waals surface area contributed by atoms with Gasteiger partial charge in [-0.1, -0.05) is 0 Å². The van der Waals surface area contributed by atoms with Crippen LogP contribution in [0.25, 0.3) is 0 Å². The fraction of sp³-hybridized carbons (Fsp3) is 0.227. The maximum absolute atomic E-state index is 12.2. The van der Waals surface area contributed by atoms with Crippen LogP contribution < -0.4 is 30.8 Å². The van der Waals surface area contributed by atoms with E-state index in [2.05, 4.69) is 26.5 Å². The normalized spacial score (nSPS) is 10.6. The minimum Gasteiger partial charge on any atom is -0.497 e. The highest BCUT2D eigenvalue weighted by molar-refractivity contribution is 6.39. The minimum absolute atomic E-state index is 0.112. The average Bonchev–Trinajstić information content (AvgIpc) is 2.78. The van der Waals surface area contributed by atoms with Gasteiger partial charge in [-0.2, -0.15) is 5.10 Å². The Bertz CT molecular complexity index is 1070. The third-order valence-electron chi connectivity index (χ3n) is 4.11. The molecule has 0 atom stereocenters. The topological polar surface area (TPSA) is 147 Å². The fourth-order valence-electron chi connectivity index (χ4n) is 2.61. The van der Waals surface area contributed by atoms with Gasteiger partial charge in [-0.25, -0.2) is 5.43 Å². The minimum atomic E-state index is -1.02. The fourth-order valence-corrected chi connectivity index (χ4v) is 2.61. The predicted molar refractivity (Wildman–Crippen MR) is 123 cm³/mol. The van der Waals surface area contributed by atoms with Crippen LogP contribution >= 0.6 is 0 Å².